The molecule has 0 saturated heterocycles. The number of rotatable bonds is 0. The van der Waals surface area contributed by atoms with Gasteiger partial charge < -0.3 is 0 Å². The summed E-state index contributed by atoms with van der Waals surface area (Å²) < 4.78 is 6.73. The topological polar surface area (TPSA) is 25.1 Å². The standard InChI is InChI=1S/C15H12N4/c1-17-6-2-3-11-14(17)13-12-10(4-5-16-13)9-18-7-8-19(11)15(12)18/h2-8H,9H2,1H3/q+2. The molecule has 0 fully saturated rings. The third-order valence-electron chi connectivity index (χ3n) is 4.14. The molecule has 1 aliphatic rings. The number of hydrogen-bond acceptors (Lipinski definition) is 1. The van der Waals surface area contributed by atoms with E-state index in [1.54, 1.807) is 0 Å². The summed E-state index contributed by atoms with van der Waals surface area (Å²) in [6, 6.07) is 6.37. The Bertz CT molecular complexity index is 997. The maximum atomic E-state index is 4.65. The number of pyridine rings is 3. The Balaban J connectivity index is 2.29. The van der Waals surface area contributed by atoms with E-state index >= 15 is 0 Å². The Labute approximate surface area is 109 Å². The monoisotopic (exact) mass is 248 g/mol. The van der Waals surface area contributed by atoms with Gasteiger partial charge in [0.2, 0.25) is 5.52 Å². The van der Waals surface area contributed by atoms with Gasteiger partial charge in [0, 0.05) is 17.8 Å². The molecule has 0 atom stereocenters. The summed E-state index contributed by atoms with van der Waals surface area (Å²) in [6.45, 7) is 0.949. The highest BCUT2D eigenvalue weighted by molar-refractivity contribution is 6.07. The van der Waals surface area contributed by atoms with Crippen molar-refractivity contribution in [1.82, 2.24) is 9.38 Å². The number of nitrogens with zero attached hydrogens (tertiary/aromatic N) is 4. The number of aryl methyl sites for hydroxylation is 1. The first kappa shape index (κ1) is 9.44. The molecule has 19 heavy (non-hydrogen) atoms. The maximum absolute atomic E-state index is 4.65. The molecule has 90 valence electrons. The van der Waals surface area contributed by atoms with Gasteiger partial charge in [0.1, 0.15) is 31.4 Å². The molecule has 5 heterocycles. The number of imidazole rings is 1. The summed E-state index contributed by atoms with van der Waals surface area (Å²) >= 11 is 0. The van der Waals surface area contributed by atoms with Crippen molar-refractivity contribution >= 4 is 27.6 Å². The van der Waals surface area contributed by atoms with Crippen molar-refractivity contribution in [2.45, 2.75) is 6.54 Å². The predicted molar refractivity (Wildman–Crippen MR) is 70.7 cm³/mol. The van der Waals surface area contributed by atoms with E-state index < -0.39 is 0 Å². The number of aromatic nitrogens is 4. The van der Waals surface area contributed by atoms with Gasteiger partial charge in [-0.3, -0.25) is 0 Å². The number of hydrogen-bond donors (Lipinski definition) is 0. The molecule has 0 radical (unpaired) electrons. The van der Waals surface area contributed by atoms with Crippen LogP contribution in [0.3, 0.4) is 0 Å². The molecule has 0 aromatic carbocycles. The molecule has 0 N–H and O–H groups in total. The van der Waals surface area contributed by atoms with Crippen LogP contribution < -0.4 is 9.13 Å². The van der Waals surface area contributed by atoms with Gasteiger partial charge >= 0.3 is 0 Å². The summed E-state index contributed by atoms with van der Waals surface area (Å²) in [5, 5.41) is 1.29. The molecule has 5 rings (SSSR count). The molecule has 4 aromatic heterocycles. The molecular weight excluding hydrogens is 236 g/mol. The van der Waals surface area contributed by atoms with Crippen LogP contribution in [0.2, 0.25) is 0 Å². The largest absolute Gasteiger partial charge is 0.297 e. The van der Waals surface area contributed by atoms with E-state index in [4.69, 9.17) is 0 Å². The van der Waals surface area contributed by atoms with Crippen LogP contribution in [0.4, 0.5) is 0 Å². The molecule has 0 spiro atoms. The molecule has 4 aromatic rings. The van der Waals surface area contributed by atoms with Crippen molar-refractivity contribution in [3.63, 3.8) is 0 Å². The fraction of sp³-hybridized carbons (Fsp3) is 0.133. The first-order chi connectivity index (χ1) is 9.34. The van der Waals surface area contributed by atoms with Crippen LogP contribution >= 0.6 is 0 Å². The summed E-state index contributed by atoms with van der Waals surface area (Å²) in [7, 11) is 2.08. The predicted octanol–water partition coefficient (Wildman–Crippen LogP) is 1.11. The van der Waals surface area contributed by atoms with Gasteiger partial charge in [-0.05, 0) is 12.1 Å². The van der Waals surface area contributed by atoms with E-state index in [0.717, 1.165) is 12.1 Å². The molecule has 0 unspecified atom stereocenters. The highest BCUT2D eigenvalue weighted by Crippen LogP contribution is 2.30. The normalized spacial score (nSPS) is 13.3. The molecule has 0 saturated carbocycles. The van der Waals surface area contributed by atoms with Gasteiger partial charge in [0.25, 0.3) is 11.2 Å². The van der Waals surface area contributed by atoms with Gasteiger partial charge in [-0.2, -0.15) is 8.97 Å². The molecule has 1 aliphatic heterocycles. The Morgan fingerprint density at radius 3 is 3.16 bits per heavy atom. The van der Waals surface area contributed by atoms with Crippen molar-refractivity contribution in [1.29, 1.82) is 0 Å². The van der Waals surface area contributed by atoms with Gasteiger partial charge in [-0.1, -0.05) is 0 Å². The second-order valence-corrected chi connectivity index (χ2v) is 5.17. The van der Waals surface area contributed by atoms with Crippen molar-refractivity contribution in [3.05, 3.63) is 48.5 Å². The van der Waals surface area contributed by atoms with Crippen molar-refractivity contribution in [2.75, 3.05) is 0 Å². The fourth-order valence-corrected chi connectivity index (χ4v) is 3.34. The van der Waals surface area contributed by atoms with E-state index in [1.165, 1.54) is 27.6 Å². The van der Waals surface area contributed by atoms with Gasteiger partial charge in [-0.25, -0.2) is 9.55 Å². The third-order valence-corrected chi connectivity index (χ3v) is 4.14. The van der Waals surface area contributed by atoms with Crippen molar-refractivity contribution < 1.29 is 9.13 Å². The smallest absolute Gasteiger partial charge is 0.249 e. The molecular formula is C15H12N4+2. The highest BCUT2D eigenvalue weighted by atomic mass is 15.1. The lowest BCUT2D eigenvalue weighted by Gasteiger charge is -2.00. The average Bonchev–Trinajstić information content (AvgIpc) is 2.97. The van der Waals surface area contributed by atoms with E-state index in [-0.39, 0.29) is 0 Å². The molecule has 0 aliphatic carbocycles. The van der Waals surface area contributed by atoms with Crippen LogP contribution in [-0.2, 0) is 13.6 Å². The van der Waals surface area contributed by atoms with E-state index in [0.29, 0.717) is 0 Å². The Morgan fingerprint density at radius 1 is 1.26 bits per heavy atom. The van der Waals surface area contributed by atoms with E-state index in [9.17, 15) is 0 Å². The Morgan fingerprint density at radius 2 is 2.21 bits per heavy atom. The molecule has 4 nitrogen and oxygen atoms in total. The SMILES string of the molecule is C[n+]1cccc2c1c1nccc3c1c1n2cc[n+]1C3. The Hall–Kier alpha value is -2.49. The summed E-state index contributed by atoms with van der Waals surface area (Å²) in [5.74, 6) is 0. The lowest BCUT2D eigenvalue weighted by atomic mass is 10.1. The van der Waals surface area contributed by atoms with Crippen LogP contribution in [0.1, 0.15) is 5.56 Å². The second-order valence-electron chi connectivity index (χ2n) is 5.17. The minimum absolute atomic E-state index is 0.949. The van der Waals surface area contributed by atoms with Gasteiger partial charge in [0.05, 0.1) is 0 Å². The van der Waals surface area contributed by atoms with Crippen LogP contribution in [0.5, 0.6) is 0 Å². The third kappa shape index (κ3) is 0.953. The zero-order chi connectivity index (χ0) is 12.6. The van der Waals surface area contributed by atoms with Gasteiger partial charge in [-0.15, -0.1) is 0 Å². The molecule has 4 heteroatoms. The molecule has 0 amide bonds. The summed E-state index contributed by atoms with van der Waals surface area (Å²) in [4.78, 5) is 4.65. The van der Waals surface area contributed by atoms with Crippen molar-refractivity contribution in [3.8, 4) is 0 Å². The molecule has 0 bridgehead atoms. The fourth-order valence-electron chi connectivity index (χ4n) is 3.34. The zero-order valence-corrected chi connectivity index (χ0v) is 10.5. The van der Waals surface area contributed by atoms with Crippen LogP contribution in [-0.4, -0.2) is 9.38 Å². The lowest BCUT2D eigenvalue weighted by Crippen LogP contribution is -2.30. The highest BCUT2D eigenvalue weighted by Gasteiger charge is 2.30. The second kappa shape index (κ2) is 2.91. The van der Waals surface area contributed by atoms with E-state index in [2.05, 4.69) is 62.4 Å². The summed E-state index contributed by atoms with van der Waals surface area (Å²) in [6.07, 6.45) is 8.30. The van der Waals surface area contributed by atoms with Crippen LogP contribution in [0.15, 0.2) is 43.0 Å². The maximum Gasteiger partial charge on any atom is 0.297 e. The lowest BCUT2D eigenvalue weighted by molar-refractivity contribution is -0.657. The number of fused-ring (bicyclic) bond motifs is 3. The van der Waals surface area contributed by atoms with Crippen LogP contribution in [0.25, 0.3) is 27.6 Å². The van der Waals surface area contributed by atoms with Crippen molar-refractivity contribution in [2.24, 2.45) is 7.05 Å². The Kier molecular flexibility index (Phi) is 1.45. The average molecular weight is 248 g/mol. The summed E-state index contributed by atoms with van der Waals surface area (Å²) in [5.41, 5.74) is 6.13. The van der Waals surface area contributed by atoms with Crippen LogP contribution in [0, 0.1) is 0 Å². The first-order valence-electron chi connectivity index (χ1n) is 6.43. The van der Waals surface area contributed by atoms with E-state index in [1.807, 2.05) is 6.20 Å². The quantitative estimate of drug-likeness (QED) is 0.298. The van der Waals surface area contributed by atoms with Gasteiger partial charge in [0.15, 0.2) is 11.7 Å². The minimum Gasteiger partial charge on any atom is -0.249 e. The zero-order valence-electron chi connectivity index (χ0n) is 10.5. The first-order valence-corrected chi connectivity index (χ1v) is 6.43. The minimum atomic E-state index is 0.949.